The number of sulfonamides is 1. The van der Waals surface area contributed by atoms with Gasteiger partial charge in [0, 0.05) is 25.0 Å². The van der Waals surface area contributed by atoms with Crippen LogP contribution in [0.1, 0.15) is 12.8 Å². The molecule has 0 aliphatic carbocycles. The number of nitrogens with one attached hydrogen (secondary N) is 1. The lowest BCUT2D eigenvalue weighted by Gasteiger charge is -2.33. The SMILES string of the molecule is CS(=O)(=O)NC1CCN(CC(O)Cn2cccn2)CC1. The lowest BCUT2D eigenvalue weighted by molar-refractivity contribution is 0.0815. The summed E-state index contributed by atoms with van der Waals surface area (Å²) in [6, 6.07) is 1.85. The van der Waals surface area contributed by atoms with E-state index in [0.29, 0.717) is 13.1 Å². The number of β-amino-alcohol motifs (C(OH)–C–C–N with tert-alkyl or cyclic N) is 1. The number of hydrogen-bond donors (Lipinski definition) is 2. The Morgan fingerprint density at radius 1 is 1.40 bits per heavy atom. The predicted molar refractivity (Wildman–Crippen MR) is 75.7 cm³/mol. The zero-order chi connectivity index (χ0) is 14.6. The first kappa shape index (κ1) is 15.4. The second kappa shape index (κ2) is 6.66. The van der Waals surface area contributed by atoms with Crippen LogP contribution in [-0.2, 0) is 16.6 Å². The fourth-order valence-corrected chi connectivity index (χ4v) is 3.36. The summed E-state index contributed by atoms with van der Waals surface area (Å²) < 4.78 is 26.7. The van der Waals surface area contributed by atoms with Crippen molar-refractivity contribution in [2.75, 3.05) is 25.9 Å². The summed E-state index contributed by atoms with van der Waals surface area (Å²) in [6.07, 6.45) is 5.80. The fraction of sp³-hybridized carbons (Fsp3) is 0.750. The fourth-order valence-electron chi connectivity index (χ4n) is 2.52. The molecule has 1 saturated heterocycles. The first-order valence-corrected chi connectivity index (χ1v) is 8.66. The number of likely N-dealkylation sites (tertiary alicyclic amines) is 1. The van der Waals surface area contributed by atoms with E-state index in [-0.39, 0.29) is 6.04 Å². The van der Waals surface area contributed by atoms with E-state index < -0.39 is 16.1 Å². The molecular weight excluding hydrogens is 280 g/mol. The van der Waals surface area contributed by atoms with Crippen LogP contribution in [0.3, 0.4) is 0 Å². The quantitative estimate of drug-likeness (QED) is 0.722. The lowest BCUT2D eigenvalue weighted by Crippen LogP contribution is -2.46. The molecule has 1 aliphatic rings. The van der Waals surface area contributed by atoms with Gasteiger partial charge in [0.1, 0.15) is 0 Å². The molecule has 1 aliphatic heterocycles. The summed E-state index contributed by atoms with van der Waals surface area (Å²) in [5, 5.41) is 14.1. The smallest absolute Gasteiger partial charge is 0.208 e. The molecule has 0 saturated carbocycles. The molecule has 0 aromatic carbocycles. The Hall–Kier alpha value is -0.960. The molecule has 0 spiro atoms. The first-order chi connectivity index (χ1) is 9.42. The average molecular weight is 302 g/mol. The molecule has 0 radical (unpaired) electrons. The molecule has 114 valence electrons. The van der Waals surface area contributed by atoms with Gasteiger partial charge in [-0.15, -0.1) is 0 Å². The molecule has 2 rings (SSSR count). The van der Waals surface area contributed by atoms with Crippen LogP contribution >= 0.6 is 0 Å². The van der Waals surface area contributed by atoms with Crippen molar-refractivity contribution in [1.29, 1.82) is 0 Å². The van der Waals surface area contributed by atoms with Crippen molar-refractivity contribution < 1.29 is 13.5 Å². The average Bonchev–Trinajstić information content (AvgIpc) is 2.82. The molecule has 1 fully saturated rings. The molecule has 8 heteroatoms. The Morgan fingerprint density at radius 2 is 2.10 bits per heavy atom. The predicted octanol–water partition coefficient (Wildman–Crippen LogP) is -0.742. The van der Waals surface area contributed by atoms with Crippen LogP contribution in [0.15, 0.2) is 18.5 Å². The van der Waals surface area contributed by atoms with E-state index in [1.54, 1.807) is 10.9 Å². The van der Waals surface area contributed by atoms with E-state index in [0.717, 1.165) is 25.9 Å². The highest BCUT2D eigenvalue weighted by atomic mass is 32.2. The number of nitrogens with zero attached hydrogens (tertiary/aromatic N) is 3. The van der Waals surface area contributed by atoms with E-state index in [2.05, 4.69) is 14.7 Å². The van der Waals surface area contributed by atoms with Crippen LogP contribution < -0.4 is 4.72 Å². The second-order valence-electron chi connectivity index (χ2n) is 5.35. The van der Waals surface area contributed by atoms with Crippen molar-refractivity contribution in [1.82, 2.24) is 19.4 Å². The van der Waals surface area contributed by atoms with Crippen LogP contribution in [0.5, 0.6) is 0 Å². The summed E-state index contributed by atoms with van der Waals surface area (Å²) in [7, 11) is -3.13. The minimum Gasteiger partial charge on any atom is -0.390 e. The van der Waals surface area contributed by atoms with Crippen LogP contribution in [0.25, 0.3) is 0 Å². The number of aliphatic hydroxyl groups excluding tert-OH is 1. The topological polar surface area (TPSA) is 87.5 Å². The lowest BCUT2D eigenvalue weighted by atomic mass is 10.1. The summed E-state index contributed by atoms with van der Waals surface area (Å²) in [5.41, 5.74) is 0. The largest absolute Gasteiger partial charge is 0.390 e. The zero-order valence-corrected chi connectivity index (χ0v) is 12.5. The number of aromatic nitrogens is 2. The van der Waals surface area contributed by atoms with Gasteiger partial charge >= 0.3 is 0 Å². The maximum absolute atomic E-state index is 11.2. The highest BCUT2D eigenvalue weighted by Crippen LogP contribution is 2.11. The molecule has 1 aromatic heterocycles. The number of rotatable bonds is 6. The van der Waals surface area contributed by atoms with Crippen LogP contribution in [0, 0.1) is 0 Å². The van der Waals surface area contributed by atoms with Crippen LogP contribution in [-0.4, -0.2) is 66.2 Å². The van der Waals surface area contributed by atoms with Gasteiger partial charge in [-0.1, -0.05) is 0 Å². The van der Waals surface area contributed by atoms with Gasteiger partial charge in [-0.25, -0.2) is 13.1 Å². The Morgan fingerprint density at radius 3 is 2.65 bits per heavy atom. The van der Waals surface area contributed by atoms with Gasteiger partial charge in [-0.3, -0.25) is 4.68 Å². The standard InChI is InChI=1S/C12H22N4O3S/c1-20(18,19)14-11-3-7-15(8-4-11)9-12(17)10-16-6-2-5-13-16/h2,5-6,11-12,14,17H,3-4,7-10H2,1H3. The van der Waals surface area contributed by atoms with Crippen molar-refractivity contribution >= 4 is 10.0 Å². The van der Waals surface area contributed by atoms with Gasteiger partial charge in [-0.2, -0.15) is 5.10 Å². The van der Waals surface area contributed by atoms with Gasteiger partial charge in [0.25, 0.3) is 0 Å². The Kier molecular flexibility index (Phi) is 5.14. The Bertz CT molecular complexity index is 495. The molecule has 0 amide bonds. The van der Waals surface area contributed by atoms with Gasteiger partial charge in [0.15, 0.2) is 0 Å². The minimum atomic E-state index is -3.13. The molecule has 20 heavy (non-hydrogen) atoms. The summed E-state index contributed by atoms with van der Waals surface area (Å²) in [6.45, 7) is 2.66. The van der Waals surface area contributed by atoms with E-state index >= 15 is 0 Å². The monoisotopic (exact) mass is 302 g/mol. The maximum Gasteiger partial charge on any atom is 0.208 e. The highest BCUT2D eigenvalue weighted by molar-refractivity contribution is 7.88. The van der Waals surface area contributed by atoms with Gasteiger partial charge in [0.05, 0.1) is 18.9 Å². The van der Waals surface area contributed by atoms with Gasteiger partial charge < -0.3 is 10.0 Å². The molecule has 7 nitrogen and oxygen atoms in total. The molecule has 2 heterocycles. The summed E-state index contributed by atoms with van der Waals surface area (Å²) in [4.78, 5) is 2.16. The van der Waals surface area contributed by atoms with E-state index in [9.17, 15) is 13.5 Å². The van der Waals surface area contributed by atoms with E-state index in [4.69, 9.17) is 0 Å². The first-order valence-electron chi connectivity index (χ1n) is 6.77. The van der Waals surface area contributed by atoms with Crippen LogP contribution in [0.2, 0.25) is 0 Å². The number of hydrogen-bond acceptors (Lipinski definition) is 5. The third kappa shape index (κ3) is 5.20. The molecular formula is C12H22N4O3S. The second-order valence-corrected chi connectivity index (χ2v) is 7.13. The Labute approximate surface area is 119 Å². The van der Waals surface area contributed by atoms with Crippen molar-refractivity contribution in [3.63, 3.8) is 0 Å². The van der Waals surface area contributed by atoms with E-state index in [1.807, 2.05) is 12.3 Å². The van der Waals surface area contributed by atoms with Crippen molar-refractivity contribution in [2.24, 2.45) is 0 Å². The highest BCUT2D eigenvalue weighted by Gasteiger charge is 2.22. The van der Waals surface area contributed by atoms with Gasteiger partial charge in [-0.05, 0) is 32.0 Å². The van der Waals surface area contributed by atoms with Crippen molar-refractivity contribution in [3.05, 3.63) is 18.5 Å². The van der Waals surface area contributed by atoms with E-state index in [1.165, 1.54) is 6.26 Å². The Balaban J connectivity index is 1.71. The number of aliphatic hydroxyl groups is 1. The van der Waals surface area contributed by atoms with Crippen molar-refractivity contribution in [2.45, 2.75) is 31.5 Å². The summed E-state index contributed by atoms with van der Waals surface area (Å²) >= 11 is 0. The number of piperidine rings is 1. The zero-order valence-electron chi connectivity index (χ0n) is 11.6. The molecule has 1 aromatic rings. The molecule has 1 atom stereocenters. The summed E-state index contributed by atoms with van der Waals surface area (Å²) in [5.74, 6) is 0. The molecule has 2 N–H and O–H groups in total. The van der Waals surface area contributed by atoms with Crippen LogP contribution in [0.4, 0.5) is 0 Å². The minimum absolute atomic E-state index is 0.0181. The third-order valence-electron chi connectivity index (χ3n) is 3.39. The maximum atomic E-state index is 11.2. The normalized spacial score (nSPS) is 20.1. The van der Waals surface area contributed by atoms with Crippen molar-refractivity contribution in [3.8, 4) is 0 Å². The van der Waals surface area contributed by atoms with Gasteiger partial charge in [0.2, 0.25) is 10.0 Å². The third-order valence-corrected chi connectivity index (χ3v) is 4.16. The molecule has 1 unspecified atom stereocenters. The molecule has 0 bridgehead atoms.